The molecule has 2 amide bonds. The van der Waals surface area contributed by atoms with Gasteiger partial charge in [-0.1, -0.05) is 0 Å². The summed E-state index contributed by atoms with van der Waals surface area (Å²) in [5, 5.41) is 2.74. The molecule has 0 aliphatic carbocycles. The zero-order chi connectivity index (χ0) is 12.3. The zero-order valence-electron chi connectivity index (χ0n) is 9.53. The van der Waals surface area contributed by atoms with Gasteiger partial charge in [0, 0.05) is 18.8 Å². The number of halogens is 1. The predicted molar refractivity (Wildman–Crippen MR) is 64.2 cm³/mol. The summed E-state index contributed by atoms with van der Waals surface area (Å²) in [6.07, 6.45) is 0.952. The molecular formula is C12H16FN3O. The normalized spacial score (nSPS) is 19.4. The quantitative estimate of drug-likeness (QED) is 0.821. The van der Waals surface area contributed by atoms with Crippen LogP contribution >= 0.6 is 0 Å². The summed E-state index contributed by atoms with van der Waals surface area (Å²) < 4.78 is 12.7. The van der Waals surface area contributed by atoms with Gasteiger partial charge < -0.3 is 16.0 Å². The SMILES string of the molecule is NCC1CCN(C(=O)Nc2ccc(F)cc2)C1. The maximum atomic E-state index is 12.7. The summed E-state index contributed by atoms with van der Waals surface area (Å²) in [4.78, 5) is 13.6. The number of amides is 2. The van der Waals surface area contributed by atoms with E-state index in [2.05, 4.69) is 5.32 Å². The Labute approximate surface area is 99.6 Å². The van der Waals surface area contributed by atoms with E-state index in [1.807, 2.05) is 0 Å². The summed E-state index contributed by atoms with van der Waals surface area (Å²) in [5.41, 5.74) is 6.17. The number of anilines is 1. The summed E-state index contributed by atoms with van der Waals surface area (Å²) in [5.74, 6) is 0.0846. The molecule has 0 spiro atoms. The monoisotopic (exact) mass is 237 g/mol. The first kappa shape index (κ1) is 11.9. The third-order valence-electron chi connectivity index (χ3n) is 3.00. The van der Waals surface area contributed by atoms with Gasteiger partial charge >= 0.3 is 6.03 Å². The van der Waals surface area contributed by atoms with E-state index in [1.165, 1.54) is 12.1 Å². The van der Waals surface area contributed by atoms with Gasteiger partial charge in [0.2, 0.25) is 0 Å². The van der Waals surface area contributed by atoms with Gasteiger partial charge in [0.15, 0.2) is 0 Å². The van der Waals surface area contributed by atoms with Gasteiger partial charge in [-0.3, -0.25) is 0 Å². The van der Waals surface area contributed by atoms with Crippen molar-refractivity contribution in [1.82, 2.24) is 4.90 Å². The molecule has 1 atom stereocenters. The predicted octanol–water partition coefficient (Wildman–Crippen LogP) is 1.64. The second-order valence-electron chi connectivity index (χ2n) is 4.27. The molecule has 0 radical (unpaired) electrons. The van der Waals surface area contributed by atoms with Crippen LogP contribution < -0.4 is 11.1 Å². The average Bonchev–Trinajstić information content (AvgIpc) is 2.81. The molecule has 2 rings (SSSR count). The van der Waals surface area contributed by atoms with Gasteiger partial charge in [-0.15, -0.1) is 0 Å². The fraction of sp³-hybridized carbons (Fsp3) is 0.417. The maximum absolute atomic E-state index is 12.7. The number of carbonyl (C=O) groups is 1. The van der Waals surface area contributed by atoms with E-state index in [9.17, 15) is 9.18 Å². The van der Waals surface area contributed by atoms with Crippen molar-refractivity contribution in [3.05, 3.63) is 30.1 Å². The van der Waals surface area contributed by atoms with Crippen LogP contribution in [-0.2, 0) is 0 Å². The highest BCUT2D eigenvalue weighted by Gasteiger charge is 2.25. The van der Waals surface area contributed by atoms with E-state index < -0.39 is 0 Å². The van der Waals surface area contributed by atoms with E-state index >= 15 is 0 Å². The number of nitrogens with two attached hydrogens (primary N) is 1. The lowest BCUT2D eigenvalue weighted by molar-refractivity contribution is 0.221. The van der Waals surface area contributed by atoms with Crippen molar-refractivity contribution in [1.29, 1.82) is 0 Å². The highest BCUT2D eigenvalue weighted by molar-refractivity contribution is 5.89. The fourth-order valence-corrected chi connectivity index (χ4v) is 1.95. The van der Waals surface area contributed by atoms with E-state index in [0.717, 1.165) is 13.0 Å². The van der Waals surface area contributed by atoms with Crippen LogP contribution in [0.5, 0.6) is 0 Å². The molecule has 5 heteroatoms. The lowest BCUT2D eigenvalue weighted by Crippen LogP contribution is -2.33. The molecule has 4 nitrogen and oxygen atoms in total. The zero-order valence-corrected chi connectivity index (χ0v) is 9.53. The number of hydrogen-bond acceptors (Lipinski definition) is 2. The maximum Gasteiger partial charge on any atom is 0.321 e. The Kier molecular flexibility index (Phi) is 3.58. The summed E-state index contributed by atoms with van der Waals surface area (Å²) in [6, 6.07) is 5.59. The molecule has 1 unspecified atom stereocenters. The van der Waals surface area contributed by atoms with Crippen molar-refractivity contribution >= 4 is 11.7 Å². The number of carbonyl (C=O) groups excluding carboxylic acids is 1. The van der Waals surface area contributed by atoms with Crippen LogP contribution in [0.3, 0.4) is 0 Å². The fourth-order valence-electron chi connectivity index (χ4n) is 1.95. The second-order valence-corrected chi connectivity index (χ2v) is 4.27. The molecule has 1 saturated heterocycles. The molecule has 1 aliphatic heterocycles. The number of hydrogen-bond donors (Lipinski definition) is 2. The van der Waals surface area contributed by atoms with E-state index in [0.29, 0.717) is 24.7 Å². The molecule has 1 aliphatic rings. The van der Waals surface area contributed by atoms with Gasteiger partial charge in [-0.05, 0) is 43.1 Å². The van der Waals surface area contributed by atoms with Crippen LogP contribution in [-0.4, -0.2) is 30.6 Å². The molecule has 0 saturated carbocycles. The Hall–Kier alpha value is -1.62. The Morgan fingerprint density at radius 2 is 2.18 bits per heavy atom. The Morgan fingerprint density at radius 1 is 1.47 bits per heavy atom. The highest BCUT2D eigenvalue weighted by Crippen LogP contribution is 2.16. The highest BCUT2D eigenvalue weighted by atomic mass is 19.1. The minimum Gasteiger partial charge on any atom is -0.330 e. The third-order valence-corrected chi connectivity index (χ3v) is 3.00. The first-order chi connectivity index (χ1) is 8.19. The molecule has 1 heterocycles. The van der Waals surface area contributed by atoms with Crippen molar-refractivity contribution in [2.75, 3.05) is 25.0 Å². The largest absolute Gasteiger partial charge is 0.330 e. The van der Waals surface area contributed by atoms with Crippen LogP contribution in [0.4, 0.5) is 14.9 Å². The number of rotatable bonds is 2. The molecule has 0 bridgehead atoms. The molecule has 17 heavy (non-hydrogen) atoms. The second kappa shape index (κ2) is 5.14. The van der Waals surface area contributed by atoms with Crippen LogP contribution in [0.15, 0.2) is 24.3 Å². The van der Waals surface area contributed by atoms with Crippen LogP contribution in [0, 0.1) is 11.7 Å². The summed E-state index contributed by atoms with van der Waals surface area (Å²) in [6.45, 7) is 2.04. The standard InChI is InChI=1S/C12H16FN3O/c13-10-1-3-11(4-2-10)15-12(17)16-6-5-9(7-14)8-16/h1-4,9H,5-8,14H2,(H,15,17). The molecule has 1 fully saturated rings. The molecule has 92 valence electrons. The van der Waals surface area contributed by atoms with Gasteiger partial charge in [0.05, 0.1) is 0 Å². The number of nitrogens with one attached hydrogen (secondary N) is 1. The Morgan fingerprint density at radius 3 is 2.76 bits per heavy atom. The van der Waals surface area contributed by atoms with Crippen molar-refractivity contribution in [2.24, 2.45) is 11.7 Å². The molecule has 0 aromatic heterocycles. The summed E-state index contributed by atoms with van der Waals surface area (Å²) >= 11 is 0. The van der Waals surface area contributed by atoms with Gasteiger partial charge in [-0.25, -0.2) is 9.18 Å². The summed E-state index contributed by atoms with van der Waals surface area (Å²) in [7, 11) is 0. The van der Waals surface area contributed by atoms with Crippen LogP contribution in [0.2, 0.25) is 0 Å². The van der Waals surface area contributed by atoms with Crippen LogP contribution in [0.25, 0.3) is 0 Å². The third kappa shape index (κ3) is 2.94. The van der Waals surface area contributed by atoms with Gasteiger partial charge in [0.1, 0.15) is 5.82 Å². The minimum atomic E-state index is -0.313. The van der Waals surface area contributed by atoms with Crippen LogP contribution in [0.1, 0.15) is 6.42 Å². The minimum absolute atomic E-state index is 0.146. The topological polar surface area (TPSA) is 58.4 Å². The van der Waals surface area contributed by atoms with Gasteiger partial charge in [0.25, 0.3) is 0 Å². The smallest absolute Gasteiger partial charge is 0.321 e. The van der Waals surface area contributed by atoms with Crippen molar-refractivity contribution in [2.45, 2.75) is 6.42 Å². The van der Waals surface area contributed by atoms with E-state index in [4.69, 9.17) is 5.73 Å². The Bertz CT molecular complexity index is 393. The van der Waals surface area contributed by atoms with Crippen molar-refractivity contribution in [3.8, 4) is 0 Å². The molecule has 3 N–H and O–H groups in total. The lowest BCUT2D eigenvalue weighted by Gasteiger charge is -2.17. The first-order valence-corrected chi connectivity index (χ1v) is 5.70. The molecule has 1 aromatic carbocycles. The lowest BCUT2D eigenvalue weighted by atomic mass is 10.1. The van der Waals surface area contributed by atoms with E-state index in [-0.39, 0.29) is 11.8 Å². The number of urea groups is 1. The van der Waals surface area contributed by atoms with Crippen molar-refractivity contribution < 1.29 is 9.18 Å². The molecule has 1 aromatic rings. The first-order valence-electron chi connectivity index (χ1n) is 5.70. The van der Waals surface area contributed by atoms with E-state index in [1.54, 1.807) is 17.0 Å². The van der Waals surface area contributed by atoms with Crippen molar-refractivity contribution in [3.63, 3.8) is 0 Å². The average molecular weight is 237 g/mol. The molecular weight excluding hydrogens is 221 g/mol. The number of nitrogens with zero attached hydrogens (tertiary/aromatic N) is 1. The number of benzene rings is 1. The van der Waals surface area contributed by atoms with Gasteiger partial charge in [-0.2, -0.15) is 0 Å². The Balaban J connectivity index is 1.91. The number of likely N-dealkylation sites (tertiary alicyclic amines) is 1.